The van der Waals surface area contributed by atoms with Crippen molar-refractivity contribution in [2.45, 2.75) is 13.8 Å². The lowest BCUT2D eigenvalue weighted by molar-refractivity contribution is 0.0751. The zero-order valence-corrected chi connectivity index (χ0v) is 17.4. The summed E-state index contributed by atoms with van der Waals surface area (Å²) in [5, 5.41) is 1.26. The van der Waals surface area contributed by atoms with Crippen molar-refractivity contribution in [1.29, 1.82) is 0 Å². The number of carbonyl (C=O) groups is 1. The Hall–Kier alpha value is -2.51. The highest BCUT2D eigenvalue weighted by Gasteiger charge is 2.25. The molecule has 0 N–H and O–H groups in total. The Morgan fingerprint density at radius 2 is 1.75 bits per heavy atom. The number of carbonyl (C=O) groups excluding carboxylic acids is 1. The number of nitrogens with zero attached hydrogens (tertiary/aromatic N) is 4. The molecule has 1 aliphatic rings. The molecule has 4 aromatic rings. The molecule has 5 nitrogen and oxygen atoms in total. The summed E-state index contributed by atoms with van der Waals surface area (Å²) in [5.41, 5.74) is 0.979. The lowest BCUT2D eigenvalue weighted by atomic mass is 10.2. The second-order valence-corrected chi connectivity index (χ2v) is 9.23. The van der Waals surface area contributed by atoms with Crippen molar-refractivity contribution in [3.8, 4) is 0 Å². The van der Waals surface area contributed by atoms with Gasteiger partial charge in [-0.1, -0.05) is 18.2 Å². The number of hydrogen-bond acceptors (Lipinski definition) is 6. The van der Waals surface area contributed by atoms with Gasteiger partial charge >= 0.3 is 0 Å². The molecule has 0 radical (unpaired) electrons. The molecule has 1 amide bonds. The number of rotatable bonds is 2. The summed E-state index contributed by atoms with van der Waals surface area (Å²) in [6.07, 6.45) is 0. The van der Waals surface area contributed by atoms with Crippen LogP contribution in [0.15, 0.2) is 36.4 Å². The van der Waals surface area contributed by atoms with Crippen LogP contribution in [0.1, 0.15) is 21.2 Å². The predicted molar refractivity (Wildman–Crippen MR) is 117 cm³/mol. The van der Waals surface area contributed by atoms with E-state index in [4.69, 9.17) is 0 Å². The van der Waals surface area contributed by atoms with E-state index in [1.807, 2.05) is 24.8 Å². The lowest BCUT2D eigenvalue weighted by Gasteiger charge is -2.35. The number of aromatic nitrogens is 2. The molecule has 4 heterocycles. The highest BCUT2D eigenvalue weighted by Crippen LogP contribution is 2.39. The van der Waals surface area contributed by atoms with Crippen molar-refractivity contribution in [3.63, 3.8) is 0 Å². The summed E-state index contributed by atoms with van der Waals surface area (Å²) in [6, 6.07) is 12.5. The summed E-state index contributed by atoms with van der Waals surface area (Å²) >= 11 is 3.39. The monoisotopic (exact) mass is 408 g/mol. The molecule has 0 spiro atoms. The third-order valence-electron chi connectivity index (χ3n) is 5.10. The number of amides is 1. The topological polar surface area (TPSA) is 49.3 Å². The quantitative estimate of drug-likeness (QED) is 0.490. The zero-order valence-electron chi connectivity index (χ0n) is 15.8. The zero-order chi connectivity index (χ0) is 19.3. The van der Waals surface area contributed by atoms with Gasteiger partial charge in [-0.2, -0.15) is 0 Å². The minimum absolute atomic E-state index is 0.146. The third kappa shape index (κ3) is 3.04. The lowest BCUT2D eigenvalue weighted by Crippen LogP contribution is -2.49. The fourth-order valence-electron chi connectivity index (χ4n) is 3.76. The Bertz CT molecular complexity index is 1170. The van der Waals surface area contributed by atoms with Gasteiger partial charge in [0.15, 0.2) is 0 Å². The van der Waals surface area contributed by atoms with Crippen molar-refractivity contribution < 1.29 is 4.79 Å². The third-order valence-corrected chi connectivity index (χ3v) is 7.51. The van der Waals surface area contributed by atoms with E-state index >= 15 is 0 Å². The van der Waals surface area contributed by atoms with Crippen LogP contribution in [0, 0.1) is 13.8 Å². The van der Waals surface area contributed by atoms with Gasteiger partial charge in [-0.3, -0.25) is 4.79 Å². The minimum Gasteiger partial charge on any atom is -0.353 e. The SMILES string of the molecule is Cc1cc(N2CCN(C(=O)c3cc4sc5ccccc5c4s3)CC2)nc(C)n1. The number of thiophene rings is 2. The van der Waals surface area contributed by atoms with Gasteiger partial charge in [0.2, 0.25) is 0 Å². The van der Waals surface area contributed by atoms with Crippen LogP contribution in [0.3, 0.4) is 0 Å². The van der Waals surface area contributed by atoms with Gasteiger partial charge < -0.3 is 9.80 Å². The van der Waals surface area contributed by atoms with Crippen molar-refractivity contribution in [2.24, 2.45) is 0 Å². The molecule has 1 saturated heterocycles. The van der Waals surface area contributed by atoms with Crippen LogP contribution >= 0.6 is 22.7 Å². The average Bonchev–Trinajstić information content (AvgIpc) is 3.25. The first-order chi connectivity index (χ1) is 13.6. The highest BCUT2D eigenvalue weighted by molar-refractivity contribution is 7.33. The molecule has 1 aliphatic heterocycles. The Balaban J connectivity index is 1.33. The van der Waals surface area contributed by atoms with Gasteiger partial charge in [-0.25, -0.2) is 9.97 Å². The maximum atomic E-state index is 13.1. The molecular weight excluding hydrogens is 388 g/mol. The second kappa shape index (κ2) is 6.83. The van der Waals surface area contributed by atoms with Crippen LogP contribution < -0.4 is 4.90 Å². The number of aryl methyl sites for hydroxylation is 2. The van der Waals surface area contributed by atoms with E-state index in [0.717, 1.165) is 35.3 Å². The van der Waals surface area contributed by atoms with Crippen molar-refractivity contribution >= 4 is 53.9 Å². The summed E-state index contributed by atoms with van der Waals surface area (Å²) < 4.78 is 3.72. The molecule has 3 aromatic heterocycles. The molecule has 28 heavy (non-hydrogen) atoms. The molecule has 1 aromatic carbocycles. The Labute approximate surface area is 171 Å². The predicted octanol–water partition coefficient (Wildman–Crippen LogP) is 4.49. The Kier molecular flexibility index (Phi) is 4.29. The van der Waals surface area contributed by atoms with Gasteiger partial charge in [0, 0.05) is 52.7 Å². The number of anilines is 1. The summed E-state index contributed by atoms with van der Waals surface area (Å²) in [6.45, 7) is 6.93. The van der Waals surface area contributed by atoms with E-state index in [-0.39, 0.29) is 5.91 Å². The first-order valence-corrected chi connectivity index (χ1v) is 11.0. The molecule has 0 bridgehead atoms. The van der Waals surface area contributed by atoms with Crippen LogP contribution in [0.2, 0.25) is 0 Å². The molecule has 0 saturated carbocycles. The first kappa shape index (κ1) is 17.6. The van der Waals surface area contributed by atoms with E-state index in [2.05, 4.69) is 45.2 Å². The average molecular weight is 409 g/mol. The van der Waals surface area contributed by atoms with Gasteiger partial charge in [0.25, 0.3) is 5.91 Å². The normalized spacial score (nSPS) is 14.9. The number of benzene rings is 1. The van der Waals surface area contributed by atoms with Crippen LogP contribution in [-0.2, 0) is 0 Å². The van der Waals surface area contributed by atoms with E-state index in [1.165, 1.54) is 19.5 Å². The van der Waals surface area contributed by atoms with Crippen LogP contribution in [0.25, 0.3) is 19.5 Å². The highest BCUT2D eigenvalue weighted by atomic mass is 32.1. The maximum Gasteiger partial charge on any atom is 0.264 e. The van der Waals surface area contributed by atoms with Crippen molar-refractivity contribution in [3.05, 3.63) is 52.8 Å². The molecule has 0 atom stereocenters. The van der Waals surface area contributed by atoms with Crippen molar-refractivity contribution in [2.75, 3.05) is 31.1 Å². The smallest absolute Gasteiger partial charge is 0.264 e. The Morgan fingerprint density at radius 1 is 0.964 bits per heavy atom. The molecule has 7 heteroatoms. The Morgan fingerprint density at radius 3 is 2.54 bits per heavy atom. The maximum absolute atomic E-state index is 13.1. The van der Waals surface area contributed by atoms with Gasteiger partial charge in [0.05, 0.1) is 9.58 Å². The van der Waals surface area contributed by atoms with Gasteiger partial charge in [-0.15, -0.1) is 22.7 Å². The van der Waals surface area contributed by atoms with E-state index in [1.54, 1.807) is 22.7 Å². The van der Waals surface area contributed by atoms with Crippen molar-refractivity contribution in [1.82, 2.24) is 14.9 Å². The number of piperazine rings is 1. The van der Waals surface area contributed by atoms with Gasteiger partial charge in [0.1, 0.15) is 11.6 Å². The van der Waals surface area contributed by atoms with E-state index in [9.17, 15) is 4.79 Å². The fraction of sp³-hybridized carbons (Fsp3) is 0.286. The van der Waals surface area contributed by atoms with Gasteiger partial charge in [-0.05, 0) is 26.0 Å². The van der Waals surface area contributed by atoms with Crippen LogP contribution in [0.5, 0.6) is 0 Å². The second-order valence-electron chi connectivity index (χ2n) is 7.10. The van der Waals surface area contributed by atoms with Crippen LogP contribution in [0.4, 0.5) is 5.82 Å². The van der Waals surface area contributed by atoms with E-state index in [0.29, 0.717) is 13.1 Å². The summed E-state index contributed by atoms with van der Waals surface area (Å²) in [7, 11) is 0. The standard InChI is InChI=1S/C21H20N4OS2/c1-13-11-19(23-14(2)22-13)24-7-9-25(10-8-24)21(26)18-12-17-20(28-18)15-5-3-4-6-16(15)27-17/h3-6,11-12H,7-10H2,1-2H3. The molecule has 0 unspecified atom stereocenters. The summed E-state index contributed by atoms with van der Waals surface area (Å²) in [5.74, 6) is 1.90. The molecule has 1 fully saturated rings. The number of hydrogen-bond donors (Lipinski definition) is 0. The first-order valence-electron chi connectivity index (χ1n) is 9.36. The molecule has 0 aliphatic carbocycles. The molecular formula is C21H20N4OS2. The molecule has 142 valence electrons. The van der Waals surface area contributed by atoms with Crippen LogP contribution in [-0.4, -0.2) is 47.0 Å². The van der Waals surface area contributed by atoms with E-state index < -0.39 is 0 Å². The summed E-state index contributed by atoms with van der Waals surface area (Å²) in [4.78, 5) is 27.0. The number of fused-ring (bicyclic) bond motifs is 3. The minimum atomic E-state index is 0.146. The molecule has 5 rings (SSSR count). The fourth-order valence-corrected chi connectivity index (χ4v) is 6.25. The largest absolute Gasteiger partial charge is 0.353 e.